The monoisotopic (exact) mass is 494 g/mol. The van der Waals surface area contributed by atoms with Crippen molar-refractivity contribution in [3.63, 3.8) is 0 Å². The van der Waals surface area contributed by atoms with E-state index < -0.39 is 5.60 Å². The van der Waals surface area contributed by atoms with Crippen molar-refractivity contribution < 1.29 is 9.53 Å². The predicted octanol–water partition coefficient (Wildman–Crippen LogP) is 6.41. The first-order valence-electron chi connectivity index (χ1n) is 8.40. The van der Waals surface area contributed by atoms with E-state index in [-0.39, 0.29) is 6.09 Å². The van der Waals surface area contributed by atoms with E-state index in [1.165, 1.54) is 0 Å². The van der Waals surface area contributed by atoms with Crippen molar-refractivity contribution in [3.8, 4) is 6.07 Å². The van der Waals surface area contributed by atoms with Gasteiger partial charge in [-0.2, -0.15) is 5.26 Å². The highest BCUT2D eigenvalue weighted by Crippen LogP contribution is 2.16. The maximum atomic E-state index is 11.5. The van der Waals surface area contributed by atoms with E-state index in [0.717, 1.165) is 31.2 Å². The molecule has 0 aliphatic heterocycles. The summed E-state index contributed by atoms with van der Waals surface area (Å²) in [7, 11) is 0. The normalized spacial score (nSPS) is 10.3. The lowest BCUT2D eigenvalue weighted by Crippen LogP contribution is -2.32. The number of amides is 1. The van der Waals surface area contributed by atoms with Gasteiger partial charge in [0.25, 0.3) is 0 Å². The Balaban J connectivity index is 0.000000309. The van der Waals surface area contributed by atoms with E-state index in [0.29, 0.717) is 6.54 Å². The highest BCUT2D eigenvalue weighted by atomic mass is 79.9. The van der Waals surface area contributed by atoms with Gasteiger partial charge < -0.3 is 10.1 Å². The zero-order chi connectivity index (χ0) is 20.6. The van der Waals surface area contributed by atoms with Gasteiger partial charge in [-0.15, -0.1) is 0 Å². The second-order valence-corrected chi connectivity index (χ2v) is 8.83. The molecule has 0 unspecified atom stereocenters. The summed E-state index contributed by atoms with van der Waals surface area (Å²) < 4.78 is 7.22. The van der Waals surface area contributed by atoms with Gasteiger partial charge in [0.15, 0.2) is 0 Å². The van der Waals surface area contributed by atoms with E-state index in [1.54, 1.807) is 6.07 Å². The number of hydrogen-bond acceptors (Lipinski definition) is 3. The Kier molecular flexibility index (Phi) is 9.01. The minimum absolute atomic E-state index is 0.389. The highest BCUT2D eigenvalue weighted by molar-refractivity contribution is 9.10. The zero-order valence-corrected chi connectivity index (χ0v) is 19.4. The standard InChI is InChI=1S/C13H18BrNO2.C8H6BrN/c1-9-7-11(14)6-5-10(9)8-15-12(16)17-13(2,3)4;1-6-4-8(9)3-2-7(6)5-10/h5-7H,8H2,1-4H3,(H,15,16);2-4H,1H3. The molecule has 0 aliphatic rings. The number of carbonyl (C=O) groups is 1. The molecule has 1 N–H and O–H groups in total. The van der Waals surface area contributed by atoms with Gasteiger partial charge in [0.1, 0.15) is 5.60 Å². The third-order valence-corrected chi connectivity index (χ3v) is 4.42. The second-order valence-electron chi connectivity index (χ2n) is 7.00. The van der Waals surface area contributed by atoms with Crippen LogP contribution in [0.3, 0.4) is 0 Å². The summed E-state index contributed by atoms with van der Waals surface area (Å²) in [6, 6.07) is 13.7. The molecule has 0 spiro atoms. The van der Waals surface area contributed by atoms with Crippen LogP contribution in [0.5, 0.6) is 0 Å². The number of hydrogen-bond donors (Lipinski definition) is 1. The van der Waals surface area contributed by atoms with Crippen LogP contribution in [0, 0.1) is 25.2 Å². The maximum Gasteiger partial charge on any atom is 0.407 e. The Morgan fingerprint density at radius 2 is 1.63 bits per heavy atom. The molecule has 1 amide bonds. The van der Waals surface area contributed by atoms with Crippen molar-refractivity contribution in [3.05, 3.63) is 67.6 Å². The minimum atomic E-state index is -0.459. The van der Waals surface area contributed by atoms with E-state index in [2.05, 4.69) is 43.2 Å². The number of benzene rings is 2. The van der Waals surface area contributed by atoms with Gasteiger partial charge in [-0.25, -0.2) is 4.79 Å². The fourth-order valence-electron chi connectivity index (χ4n) is 2.09. The van der Waals surface area contributed by atoms with Gasteiger partial charge >= 0.3 is 6.09 Å². The van der Waals surface area contributed by atoms with Gasteiger partial charge in [-0.3, -0.25) is 0 Å². The molecule has 0 atom stereocenters. The van der Waals surface area contributed by atoms with Gasteiger partial charge in [0, 0.05) is 15.5 Å². The molecular weight excluding hydrogens is 472 g/mol. The van der Waals surface area contributed by atoms with E-state index >= 15 is 0 Å². The molecule has 0 radical (unpaired) electrons. The van der Waals surface area contributed by atoms with Crippen LogP contribution in [-0.2, 0) is 11.3 Å². The van der Waals surface area contributed by atoms with Crippen molar-refractivity contribution in [2.75, 3.05) is 0 Å². The molecule has 2 aromatic rings. The number of carbonyl (C=O) groups excluding carboxylic acids is 1. The van der Waals surface area contributed by atoms with Crippen LogP contribution in [0.15, 0.2) is 45.3 Å². The Morgan fingerprint density at radius 1 is 1.07 bits per heavy atom. The first-order chi connectivity index (χ1) is 12.5. The second kappa shape index (κ2) is 10.5. The molecule has 0 bridgehead atoms. The van der Waals surface area contributed by atoms with Crippen LogP contribution in [0.25, 0.3) is 0 Å². The lowest BCUT2D eigenvalue weighted by atomic mass is 10.1. The number of nitrogens with one attached hydrogen (secondary N) is 1. The van der Waals surface area contributed by atoms with Crippen LogP contribution in [0.1, 0.15) is 43.0 Å². The molecule has 144 valence electrons. The topological polar surface area (TPSA) is 62.1 Å². The van der Waals surface area contributed by atoms with E-state index in [9.17, 15) is 4.79 Å². The summed E-state index contributed by atoms with van der Waals surface area (Å²) in [5, 5.41) is 11.3. The van der Waals surface area contributed by atoms with Crippen molar-refractivity contribution in [2.45, 2.75) is 46.8 Å². The van der Waals surface area contributed by atoms with Crippen molar-refractivity contribution in [2.24, 2.45) is 0 Å². The van der Waals surface area contributed by atoms with Crippen LogP contribution in [0.2, 0.25) is 0 Å². The Labute approximate surface area is 178 Å². The van der Waals surface area contributed by atoms with Crippen molar-refractivity contribution in [1.82, 2.24) is 5.32 Å². The summed E-state index contributed by atoms with van der Waals surface area (Å²) in [5.41, 5.74) is 3.51. The molecule has 2 rings (SSSR count). The third kappa shape index (κ3) is 9.07. The lowest BCUT2D eigenvalue weighted by molar-refractivity contribution is 0.0523. The molecular formula is C21H24Br2N2O2. The van der Waals surface area contributed by atoms with Crippen LogP contribution >= 0.6 is 31.9 Å². The Bertz CT molecular complexity index is 837. The smallest absolute Gasteiger partial charge is 0.407 e. The Morgan fingerprint density at radius 3 is 2.11 bits per heavy atom. The molecule has 0 aromatic heterocycles. The fraction of sp³-hybridized carbons (Fsp3) is 0.333. The highest BCUT2D eigenvalue weighted by Gasteiger charge is 2.15. The van der Waals surface area contributed by atoms with Crippen LogP contribution in [0.4, 0.5) is 4.79 Å². The van der Waals surface area contributed by atoms with Crippen LogP contribution in [-0.4, -0.2) is 11.7 Å². The van der Waals surface area contributed by atoms with Gasteiger partial charge in [0.2, 0.25) is 0 Å². The van der Waals surface area contributed by atoms with Gasteiger partial charge in [0.05, 0.1) is 11.6 Å². The molecule has 0 heterocycles. The number of aryl methyl sites for hydroxylation is 2. The van der Waals surface area contributed by atoms with Gasteiger partial charge in [-0.1, -0.05) is 37.9 Å². The lowest BCUT2D eigenvalue weighted by Gasteiger charge is -2.19. The zero-order valence-electron chi connectivity index (χ0n) is 16.2. The summed E-state index contributed by atoms with van der Waals surface area (Å²) in [5.74, 6) is 0. The molecule has 0 fully saturated rings. The summed E-state index contributed by atoms with van der Waals surface area (Å²) in [6.07, 6.45) is -0.389. The quantitative estimate of drug-likeness (QED) is 0.523. The molecule has 0 aliphatic carbocycles. The Hall–Kier alpha value is -1.84. The third-order valence-electron chi connectivity index (χ3n) is 3.44. The SMILES string of the molecule is Cc1cc(Br)ccc1C#N.Cc1cc(Br)ccc1CNC(=O)OC(C)(C)C. The largest absolute Gasteiger partial charge is 0.444 e. The van der Waals surface area contributed by atoms with Crippen LogP contribution < -0.4 is 5.32 Å². The number of ether oxygens (including phenoxy) is 1. The molecule has 4 nitrogen and oxygen atoms in total. The fourth-order valence-corrected chi connectivity index (χ4v) is 3.04. The van der Waals surface area contributed by atoms with Crippen molar-refractivity contribution in [1.29, 1.82) is 5.26 Å². The van der Waals surface area contributed by atoms with E-state index in [4.69, 9.17) is 10.00 Å². The average molecular weight is 496 g/mol. The number of nitriles is 1. The molecule has 2 aromatic carbocycles. The number of nitrogens with zero attached hydrogens (tertiary/aromatic N) is 1. The molecule has 27 heavy (non-hydrogen) atoms. The number of halogens is 2. The van der Waals surface area contributed by atoms with E-state index in [1.807, 2.05) is 65.0 Å². The summed E-state index contributed by atoms with van der Waals surface area (Å²) in [6.45, 7) is 9.95. The summed E-state index contributed by atoms with van der Waals surface area (Å²) in [4.78, 5) is 11.5. The predicted molar refractivity (Wildman–Crippen MR) is 116 cm³/mol. The van der Waals surface area contributed by atoms with Gasteiger partial charge in [-0.05, 0) is 81.6 Å². The number of alkyl carbamates (subject to hydrolysis) is 1. The maximum absolute atomic E-state index is 11.5. The first kappa shape index (κ1) is 23.2. The molecule has 6 heteroatoms. The molecule has 0 saturated carbocycles. The minimum Gasteiger partial charge on any atom is -0.444 e. The first-order valence-corrected chi connectivity index (χ1v) is 9.98. The molecule has 0 saturated heterocycles. The summed E-state index contributed by atoms with van der Waals surface area (Å²) >= 11 is 6.72. The average Bonchev–Trinajstić information content (AvgIpc) is 2.53. The number of rotatable bonds is 2. The van der Waals surface area contributed by atoms with Crippen molar-refractivity contribution >= 4 is 38.0 Å².